The van der Waals surface area contributed by atoms with Gasteiger partial charge in [-0.15, -0.1) is 0 Å². The average Bonchev–Trinajstić information content (AvgIpc) is 2.50. The number of piperazine rings is 1. The summed E-state index contributed by atoms with van der Waals surface area (Å²) in [5, 5.41) is 0. The Hall–Kier alpha value is -0.0800. The Morgan fingerprint density at radius 3 is 3.00 bits per heavy atom. The van der Waals surface area contributed by atoms with E-state index in [1.165, 1.54) is 45.6 Å². The summed E-state index contributed by atoms with van der Waals surface area (Å²) in [6.07, 6.45) is 2.87. The van der Waals surface area contributed by atoms with E-state index in [0.717, 1.165) is 6.04 Å². The van der Waals surface area contributed by atoms with E-state index in [4.69, 9.17) is 0 Å². The van der Waals surface area contributed by atoms with Crippen molar-refractivity contribution in [2.24, 2.45) is 0 Å². The van der Waals surface area contributed by atoms with Crippen molar-refractivity contribution < 1.29 is 0 Å². The zero-order valence-corrected chi connectivity index (χ0v) is 7.42. The van der Waals surface area contributed by atoms with Gasteiger partial charge < -0.3 is 4.90 Å². The van der Waals surface area contributed by atoms with Gasteiger partial charge in [-0.1, -0.05) is 6.92 Å². The minimum absolute atomic E-state index is 0.906. The molecular weight excluding hydrogens is 136 g/mol. The molecule has 2 aliphatic rings. The summed E-state index contributed by atoms with van der Waals surface area (Å²) >= 11 is 0. The van der Waals surface area contributed by atoms with Crippen molar-refractivity contribution in [3.05, 3.63) is 0 Å². The fourth-order valence-electron chi connectivity index (χ4n) is 2.34. The Bertz CT molecular complexity index is 136. The van der Waals surface area contributed by atoms with Crippen LogP contribution < -0.4 is 0 Å². The van der Waals surface area contributed by atoms with Crippen molar-refractivity contribution in [3.8, 4) is 0 Å². The Balaban J connectivity index is 1.91. The second-order valence-corrected chi connectivity index (χ2v) is 3.73. The zero-order valence-electron chi connectivity index (χ0n) is 7.42. The number of hydrogen-bond donors (Lipinski definition) is 0. The van der Waals surface area contributed by atoms with Gasteiger partial charge in [0, 0.05) is 25.7 Å². The van der Waals surface area contributed by atoms with E-state index in [-0.39, 0.29) is 0 Å². The monoisotopic (exact) mass is 154 g/mol. The lowest BCUT2D eigenvalue weighted by atomic mass is 10.1. The molecule has 0 aromatic rings. The highest BCUT2D eigenvalue weighted by Crippen LogP contribution is 2.20. The smallest absolute Gasteiger partial charge is 0.0224 e. The molecule has 2 heterocycles. The van der Waals surface area contributed by atoms with Crippen LogP contribution in [0.25, 0.3) is 0 Å². The maximum atomic E-state index is 2.66. The van der Waals surface area contributed by atoms with Crippen LogP contribution in [0.2, 0.25) is 0 Å². The first-order valence-electron chi connectivity index (χ1n) is 4.86. The maximum Gasteiger partial charge on any atom is 0.0224 e. The lowest BCUT2D eigenvalue weighted by Crippen LogP contribution is -2.49. The van der Waals surface area contributed by atoms with Crippen molar-refractivity contribution in [1.82, 2.24) is 9.80 Å². The molecule has 1 atom stereocenters. The Morgan fingerprint density at radius 2 is 2.18 bits per heavy atom. The molecule has 2 heteroatoms. The van der Waals surface area contributed by atoms with Crippen LogP contribution in [0, 0.1) is 0 Å². The molecule has 11 heavy (non-hydrogen) atoms. The normalized spacial score (nSPS) is 34.1. The molecule has 2 saturated heterocycles. The van der Waals surface area contributed by atoms with Gasteiger partial charge in [0.1, 0.15) is 0 Å². The van der Waals surface area contributed by atoms with Gasteiger partial charge in [-0.3, -0.25) is 4.90 Å². The molecule has 2 aliphatic heterocycles. The molecule has 2 fully saturated rings. The van der Waals surface area contributed by atoms with Gasteiger partial charge in [0.05, 0.1) is 0 Å². The van der Waals surface area contributed by atoms with Gasteiger partial charge >= 0.3 is 0 Å². The molecule has 0 aromatic heterocycles. The van der Waals surface area contributed by atoms with Crippen molar-refractivity contribution in [3.63, 3.8) is 0 Å². The quantitative estimate of drug-likeness (QED) is 0.551. The third kappa shape index (κ3) is 1.42. The van der Waals surface area contributed by atoms with Crippen LogP contribution in [0.1, 0.15) is 19.8 Å². The Kier molecular flexibility index (Phi) is 2.14. The Morgan fingerprint density at radius 1 is 1.27 bits per heavy atom. The molecule has 1 unspecified atom stereocenters. The second kappa shape index (κ2) is 3.11. The lowest BCUT2D eigenvalue weighted by molar-refractivity contribution is 0.109. The molecule has 2 rings (SSSR count). The van der Waals surface area contributed by atoms with E-state index >= 15 is 0 Å². The minimum Gasteiger partial charge on any atom is -0.301 e. The molecule has 64 valence electrons. The number of fused-ring (bicyclic) bond motifs is 1. The van der Waals surface area contributed by atoms with Crippen LogP contribution in [0.3, 0.4) is 0 Å². The number of likely N-dealkylation sites (N-methyl/N-ethyl adjacent to an activating group) is 1. The SMILES string of the molecule is CCN1CCN2CCCC2C1. The first-order valence-corrected chi connectivity index (χ1v) is 4.86. The standard InChI is InChI=1S/C9H18N2/c1-2-10-6-7-11-5-3-4-9(11)8-10/h9H,2-8H2,1H3. The first kappa shape index (κ1) is 7.56. The summed E-state index contributed by atoms with van der Waals surface area (Å²) in [4.78, 5) is 5.23. The molecule has 2 nitrogen and oxygen atoms in total. The van der Waals surface area contributed by atoms with Gasteiger partial charge in [0.2, 0.25) is 0 Å². The van der Waals surface area contributed by atoms with E-state index in [1.54, 1.807) is 0 Å². The van der Waals surface area contributed by atoms with Crippen molar-refractivity contribution in [1.29, 1.82) is 0 Å². The fraction of sp³-hybridized carbons (Fsp3) is 1.00. The summed E-state index contributed by atoms with van der Waals surface area (Å²) < 4.78 is 0. The summed E-state index contributed by atoms with van der Waals surface area (Å²) in [7, 11) is 0. The molecule has 0 bridgehead atoms. The van der Waals surface area contributed by atoms with Gasteiger partial charge in [-0.2, -0.15) is 0 Å². The largest absolute Gasteiger partial charge is 0.301 e. The molecular formula is C9H18N2. The highest BCUT2D eigenvalue weighted by molar-refractivity contribution is 4.86. The van der Waals surface area contributed by atoms with E-state index in [1.807, 2.05) is 0 Å². The van der Waals surface area contributed by atoms with Gasteiger partial charge in [0.15, 0.2) is 0 Å². The van der Waals surface area contributed by atoms with Crippen molar-refractivity contribution >= 4 is 0 Å². The van der Waals surface area contributed by atoms with Crippen LogP contribution in [0.5, 0.6) is 0 Å². The highest BCUT2D eigenvalue weighted by Gasteiger charge is 2.29. The van der Waals surface area contributed by atoms with Gasteiger partial charge in [-0.05, 0) is 25.9 Å². The number of nitrogens with zero attached hydrogens (tertiary/aromatic N) is 2. The Labute approximate surface area is 69.2 Å². The second-order valence-electron chi connectivity index (χ2n) is 3.73. The van der Waals surface area contributed by atoms with Crippen molar-refractivity contribution in [2.45, 2.75) is 25.8 Å². The summed E-state index contributed by atoms with van der Waals surface area (Å²) in [6, 6.07) is 0.906. The zero-order chi connectivity index (χ0) is 7.68. The van der Waals surface area contributed by atoms with Crippen LogP contribution >= 0.6 is 0 Å². The molecule has 0 aromatic carbocycles. The number of hydrogen-bond acceptors (Lipinski definition) is 2. The molecule has 0 aliphatic carbocycles. The highest BCUT2D eigenvalue weighted by atomic mass is 15.3. The number of rotatable bonds is 1. The van der Waals surface area contributed by atoms with E-state index in [2.05, 4.69) is 16.7 Å². The molecule has 0 amide bonds. The van der Waals surface area contributed by atoms with Crippen LogP contribution in [-0.4, -0.2) is 48.6 Å². The molecule has 0 N–H and O–H groups in total. The lowest BCUT2D eigenvalue weighted by Gasteiger charge is -2.36. The van der Waals surface area contributed by atoms with E-state index in [0.29, 0.717) is 0 Å². The molecule has 0 saturated carbocycles. The molecule has 0 spiro atoms. The average molecular weight is 154 g/mol. The van der Waals surface area contributed by atoms with E-state index in [9.17, 15) is 0 Å². The van der Waals surface area contributed by atoms with Crippen LogP contribution in [0.15, 0.2) is 0 Å². The van der Waals surface area contributed by atoms with Gasteiger partial charge in [0.25, 0.3) is 0 Å². The van der Waals surface area contributed by atoms with E-state index < -0.39 is 0 Å². The van der Waals surface area contributed by atoms with Crippen molar-refractivity contribution in [2.75, 3.05) is 32.7 Å². The summed E-state index contributed by atoms with van der Waals surface area (Å²) in [5.41, 5.74) is 0. The first-order chi connectivity index (χ1) is 5.40. The predicted octanol–water partition coefficient (Wildman–Crippen LogP) is 0.786. The summed E-state index contributed by atoms with van der Waals surface area (Å²) in [6.45, 7) is 8.82. The molecule has 0 radical (unpaired) electrons. The topological polar surface area (TPSA) is 6.48 Å². The maximum absolute atomic E-state index is 2.66. The third-order valence-electron chi connectivity index (χ3n) is 3.12. The van der Waals surface area contributed by atoms with Crippen LogP contribution in [-0.2, 0) is 0 Å². The minimum atomic E-state index is 0.906. The third-order valence-corrected chi connectivity index (χ3v) is 3.12. The summed E-state index contributed by atoms with van der Waals surface area (Å²) in [5.74, 6) is 0. The predicted molar refractivity (Wildman–Crippen MR) is 46.7 cm³/mol. The van der Waals surface area contributed by atoms with Crippen LogP contribution in [0.4, 0.5) is 0 Å². The fourth-order valence-corrected chi connectivity index (χ4v) is 2.34. The van der Waals surface area contributed by atoms with Gasteiger partial charge in [-0.25, -0.2) is 0 Å².